The van der Waals surface area contributed by atoms with Crippen molar-refractivity contribution in [3.05, 3.63) is 137 Å². The van der Waals surface area contributed by atoms with Gasteiger partial charge in [0.1, 0.15) is 18.0 Å². The molecule has 0 radical (unpaired) electrons. The molecule has 1 atom stereocenters. The summed E-state index contributed by atoms with van der Waals surface area (Å²) in [6.45, 7) is 8.29. The zero-order valence-electron chi connectivity index (χ0n) is 29.4. The van der Waals surface area contributed by atoms with Crippen LogP contribution in [-0.4, -0.2) is 40.3 Å². The number of fused-ring (bicyclic) bond motifs is 4. The fourth-order valence-electron chi connectivity index (χ4n) is 6.65. The standard InChI is InChI=1S/C42H39ClN4O5/c1-26-9-8-12-34-36(51-25-27-10-6-5-7-11-27)21-35-38(37(26)34)30(22-43)24-47(35)40(49)29-19-33-20-32(17-18-46(33)23-29)44-39(48)28-13-15-31(16-14-28)45-41(50)52-42(2,3)4/h5-21,23,30H,22,24-25H2,1-4H3,(H,44,48)(H,45,50)/t30-/m1/s1. The van der Waals surface area contributed by atoms with Crippen molar-refractivity contribution in [2.75, 3.05) is 28.0 Å². The van der Waals surface area contributed by atoms with Crippen molar-refractivity contribution < 1.29 is 23.9 Å². The van der Waals surface area contributed by atoms with Crippen molar-refractivity contribution in [2.45, 2.75) is 45.8 Å². The summed E-state index contributed by atoms with van der Waals surface area (Å²) in [7, 11) is 0. The van der Waals surface area contributed by atoms with E-state index < -0.39 is 11.7 Å². The van der Waals surface area contributed by atoms with Crippen LogP contribution in [-0.2, 0) is 11.3 Å². The summed E-state index contributed by atoms with van der Waals surface area (Å²) in [6.07, 6.45) is 3.03. The topological polar surface area (TPSA) is 101 Å². The molecule has 0 aliphatic carbocycles. The number of benzene rings is 4. The first-order valence-corrected chi connectivity index (χ1v) is 17.6. The molecule has 10 heteroatoms. The van der Waals surface area contributed by atoms with Gasteiger partial charge in [-0.2, -0.15) is 0 Å². The molecule has 0 bridgehead atoms. The lowest BCUT2D eigenvalue weighted by Gasteiger charge is -2.20. The molecule has 0 fully saturated rings. The summed E-state index contributed by atoms with van der Waals surface area (Å²) < 4.78 is 13.6. The molecular formula is C42H39ClN4O5. The second-order valence-corrected chi connectivity index (χ2v) is 14.3. The van der Waals surface area contributed by atoms with E-state index in [4.69, 9.17) is 21.1 Å². The van der Waals surface area contributed by atoms with Crippen LogP contribution < -0.4 is 20.3 Å². The molecule has 0 spiro atoms. The molecule has 2 N–H and O–H groups in total. The van der Waals surface area contributed by atoms with Gasteiger partial charge in [-0.1, -0.05) is 48.5 Å². The molecule has 0 saturated carbocycles. The fraction of sp³-hybridized carbons (Fsp3) is 0.214. The van der Waals surface area contributed by atoms with Crippen LogP contribution in [0.2, 0.25) is 0 Å². The normalized spacial score (nSPS) is 13.9. The van der Waals surface area contributed by atoms with Crippen molar-refractivity contribution >= 4 is 62.9 Å². The molecule has 0 unspecified atom stereocenters. The Kier molecular flexibility index (Phi) is 9.38. The van der Waals surface area contributed by atoms with Gasteiger partial charge in [0.05, 0.1) is 11.3 Å². The number of rotatable bonds is 8. The first-order chi connectivity index (χ1) is 25.0. The van der Waals surface area contributed by atoms with E-state index in [1.165, 1.54) is 0 Å². The van der Waals surface area contributed by atoms with E-state index in [0.29, 0.717) is 47.3 Å². The van der Waals surface area contributed by atoms with Crippen LogP contribution in [0.5, 0.6) is 5.75 Å². The molecule has 2 aromatic heterocycles. The molecule has 3 heterocycles. The number of nitrogens with zero attached hydrogens (tertiary/aromatic N) is 2. The Labute approximate surface area is 307 Å². The number of pyridine rings is 1. The zero-order chi connectivity index (χ0) is 36.6. The highest BCUT2D eigenvalue weighted by molar-refractivity contribution is 6.19. The highest BCUT2D eigenvalue weighted by Crippen LogP contribution is 2.47. The van der Waals surface area contributed by atoms with Gasteiger partial charge in [-0.15, -0.1) is 11.6 Å². The van der Waals surface area contributed by atoms with Crippen LogP contribution in [0.3, 0.4) is 0 Å². The predicted octanol–water partition coefficient (Wildman–Crippen LogP) is 9.56. The molecule has 6 aromatic rings. The molecule has 1 aliphatic rings. The number of carbonyl (C=O) groups excluding carboxylic acids is 3. The molecule has 264 valence electrons. The SMILES string of the molecule is Cc1cccc2c(OCc3ccccc3)cc3c(c12)[C@H](CCl)CN3C(=O)c1cc2cc(NC(=O)c3ccc(NC(=O)OC(C)(C)C)cc3)ccn2c1. The third kappa shape index (κ3) is 7.18. The van der Waals surface area contributed by atoms with E-state index in [2.05, 4.69) is 29.7 Å². The number of aryl methyl sites for hydroxylation is 1. The van der Waals surface area contributed by atoms with E-state index in [9.17, 15) is 14.4 Å². The van der Waals surface area contributed by atoms with Gasteiger partial charge in [-0.3, -0.25) is 14.9 Å². The lowest BCUT2D eigenvalue weighted by molar-refractivity contribution is 0.0635. The summed E-state index contributed by atoms with van der Waals surface area (Å²) in [5, 5.41) is 7.65. The second-order valence-electron chi connectivity index (χ2n) is 14.0. The number of hydrogen-bond acceptors (Lipinski definition) is 5. The maximum Gasteiger partial charge on any atom is 0.412 e. The number of nitrogens with one attached hydrogen (secondary N) is 2. The quantitative estimate of drug-likeness (QED) is 0.153. The van der Waals surface area contributed by atoms with Crippen LogP contribution in [0, 0.1) is 6.92 Å². The number of aromatic nitrogens is 1. The molecule has 1 aliphatic heterocycles. The zero-order valence-corrected chi connectivity index (χ0v) is 30.2. The number of anilines is 3. The van der Waals surface area contributed by atoms with Gasteiger partial charge in [-0.05, 0) is 92.2 Å². The average molecular weight is 715 g/mol. The highest BCUT2D eigenvalue weighted by Gasteiger charge is 2.36. The van der Waals surface area contributed by atoms with Crippen molar-refractivity contribution in [1.82, 2.24) is 4.40 Å². The van der Waals surface area contributed by atoms with Gasteiger partial charge in [-0.25, -0.2) is 4.79 Å². The Balaban J connectivity index is 1.12. The minimum atomic E-state index is -0.622. The summed E-state index contributed by atoms with van der Waals surface area (Å²) >= 11 is 6.57. The molecule has 52 heavy (non-hydrogen) atoms. The van der Waals surface area contributed by atoms with Gasteiger partial charge < -0.3 is 24.1 Å². The van der Waals surface area contributed by atoms with E-state index in [1.54, 1.807) is 57.3 Å². The molecular weight excluding hydrogens is 676 g/mol. The Bertz CT molecular complexity index is 2310. The van der Waals surface area contributed by atoms with Crippen LogP contribution in [0.4, 0.5) is 21.9 Å². The fourth-order valence-corrected chi connectivity index (χ4v) is 6.90. The largest absolute Gasteiger partial charge is 0.488 e. The molecule has 0 saturated heterocycles. The van der Waals surface area contributed by atoms with Gasteiger partial charge in [0.15, 0.2) is 0 Å². The number of hydrogen-bond donors (Lipinski definition) is 2. The monoisotopic (exact) mass is 714 g/mol. The summed E-state index contributed by atoms with van der Waals surface area (Å²) in [4.78, 5) is 41.3. The Morgan fingerprint density at radius 2 is 1.63 bits per heavy atom. The molecule has 3 amide bonds. The summed E-state index contributed by atoms with van der Waals surface area (Å²) in [6, 6.07) is 30.1. The molecule has 7 rings (SSSR count). The van der Waals surface area contributed by atoms with Crippen LogP contribution in [0.25, 0.3) is 16.3 Å². The van der Waals surface area contributed by atoms with Crippen molar-refractivity contribution in [2.24, 2.45) is 0 Å². The first-order valence-electron chi connectivity index (χ1n) is 17.1. The van der Waals surface area contributed by atoms with Crippen LogP contribution in [0.15, 0.2) is 109 Å². The minimum absolute atomic E-state index is 0.0478. The predicted molar refractivity (Wildman–Crippen MR) is 206 cm³/mol. The maximum atomic E-state index is 14.3. The second kappa shape index (κ2) is 14.1. The van der Waals surface area contributed by atoms with Crippen LogP contribution in [0.1, 0.15) is 64.1 Å². The number of alkyl halides is 1. The van der Waals surface area contributed by atoms with Gasteiger partial charge >= 0.3 is 6.09 Å². The van der Waals surface area contributed by atoms with Crippen LogP contribution >= 0.6 is 11.6 Å². The molecule has 4 aromatic carbocycles. The van der Waals surface area contributed by atoms with E-state index in [-0.39, 0.29) is 17.7 Å². The van der Waals surface area contributed by atoms with Crippen molar-refractivity contribution in [3.8, 4) is 5.75 Å². The third-order valence-electron chi connectivity index (χ3n) is 9.02. The van der Waals surface area contributed by atoms with Gasteiger partial charge in [0.25, 0.3) is 11.8 Å². The van der Waals surface area contributed by atoms with Crippen molar-refractivity contribution in [1.29, 1.82) is 0 Å². The Morgan fingerprint density at radius 3 is 2.37 bits per heavy atom. The summed E-state index contributed by atoms with van der Waals surface area (Å²) in [5.74, 6) is 0.572. The Hall–Kier alpha value is -5.80. The number of ether oxygens (including phenoxy) is 2. The lowest BCUT2D eigenvalue weighted by atomic mass is 9.92. The third-order valence-corrected chi connectivity index (χ3v) is 9.39. The lowest BCUT2D eigenvalue weighted by Crippen LogP contribution is -2.29. The van der Waals surface area contributed by atoms with Gasteiger partial charge in [0, 0.05) is 64.6 Å². The molecule has 9 nitrogen and oxygen atoms in total. The smallest absolute Gasteiger partial charge is 0.412 e. The van der Waals surface area contributed by atoms with E-state index in [0.717, 1.165) is 38.7 Å². The maximum absolute atomic E-state index is 14.3. The Morgan fingerprint density at radius 1 is 0.865 bits per heavy atom. The van der Waals surface area contributed by atoms with E-state index in [1.807, 2.05) is 70.1 Å². The number of amides is 3. The average Bonchev–Trinajstić information content (AvgIpc) is 3.71. The van der Waals surface area contributed by atoms with Crippen molar-refractivity contribution in [3.63, 3.8) is 0 Å². The highest BCUT2D eigenvalue weighted by atomic mass is 35.5. The first kappa shape index (κ1) is 34.6. The van der Waals surface area contributed by atoms with E-state index >= 15 is 0 Å². The minimum Gasteiger partial charge on any atom is -0.488 e. The summed E-state index contributed by atoms with van der Waals surface area (Å²) in [5.41, 5.74) is 6.14. The number of carbonyl (C=O) groups is 3. The number of halogens is 1. The van der Waals surface area contributed by atoms with Gasteiger partial charge in [0.2, 0.25) is 0 Å².